The summed E-state index contributed by atoms with van der Waals surface area (Å²) in [6.07, 6.45) is 0.636. The fourth-order valence-corrected chi connectivity index (χ4v) is 6.12. The van der Waals surface area contributed by atoms with E-state index in [-0.39, 0.29) is 23.0 Å². The summed E-state index contributed by atoms with van der Waals surface area (Å²) in [4.78, 5) is 28.3. The predicted octanol–water partition coefficient (Wildman–Crippen LogP) is 4.01. The molecule has 1 aromatic carbocycles. The first-order valence-corrected chi connectivity index (χ1v) is 11.8. The average molecular weight is 451 g/mol. The number of hydrogen-bond acceptors (Lipinski definition) is 5. The van der Waals surface area contributed by atoms with Crippen LogP contribution in [0.2, 0.25) is 0 Å². The van der Waals surface area contributed by atoms with E-state index in [9.17, 15) is 19.1 Å². The van der Waals surface area contributed by atoms with Crippen LogP contribution in [-0.2, 0) is 20.0 Å². The van der Waals surface area contributed by atoms with Gasteiger partial charge < -0.3 is 5.11 Å². The average Bonchev–Trinajstić information content (AvgIpc) is 3.01. The Kier molecular flexibility index (Phi) is 7.21. The van der Waals surface area contributed by atoms with Crippen LogP contribution in [0.1, 0.15) is 37.6 Å². The first-order valence-electron chi connectivity index (χ1n) is 9.99. The van der Waals surface area contributed by atoms with Crippen molar-refractivity contribution in [3.05, 3.63) is 61.4 Å². The third kappa shape index (κ3) is 4.87. The van der Waals surface area contributed by atoms with E-state index in [0.717, 1.165) is 15.3 Å². The van der Waals surface area contributed by atoms with Crippen molar-refractivity contribution in [1.29, 1.82) is 0 Å². The second kappa shape index (κ2) is 9.49. The molecule has 0 radical (unpaired) electrons. The molecule has 162 valence electrons. The van der Waals surface area contributed by atoms with Gasteiger partial charge in [0.1, 0.15) is 10.6 Å². The lowest BCUT2D eigenvalue weighted by Gasteiger charge is -2.12. The van der Waals surface area contributed by atoms with Gasteiger partial charge in [-0.2, -0.15) is 0 Å². The minimum absolute atomic E-state index is 0.239. The standard InChI is InChI=1S/C22H27FN2O3S2/c1-13(2)12-25-21-18(20(27)24(4)22(25)28)19(29-9-8-14(3)26)17(30-21)11-15-6-5-7-16(23)10-15/h5-7,10,13-14,26H,8-9,11-12H2,1-4H3. The summed E-state index contributed by atoms with van der Waals surface area (Å²) < 4.78 is 16.6. The molecule has 1 unspecified atom stereocenters. The lowest BCUT2D eigenvalue weighted by molar-refractivity contribution is 0.192. The van der Waals surface area contributed by atoms with Crippen LogP contribution in [0.25, 0.3) is 10.2 Å². The molecule has 2 aromatic heterocycles. The van der Waals surface area contributed by atoms with E-state index in [1.807, 2.05) is 19.9 Å². The molecule has 0 bridgehead atoms. The summed E-state index contributed by atoms with van der Waals surface area (Å²) in [6, 6.07) is 6.43. The van der Waals surface area contributed by atoms with Crippen molar-refractivity contribution in [2.24, 2.45) is 13.0 Å². The monoisotopic (exact) mass is 450 g/mol. The van der Waals surface area contributed by atoms with E-state index in [2.05, 4.69) is 0 Å². The highest BCUT2D eigenvalue weighted by Gasteiger charge is 2.22. The normalized spacial score (nSPS) is 12.8. The molecule has 8 heteroatoms. The van der Waals surface area contributed by atoms with Crippen LogP contribution in [0, 0.1) is 11.7 Å². The zero-order chi connectivity index (χ0) is 22.0. The van der Waals surface area contributed by atoms with Gasteiger partial charge in [-0.3, -0.25) is 13.9 Å². The first-order chi connectivity index (χ1) is 14.2. The largest absolute Gasteiger partial charge is 0.393 e. The molecule has 0 saturated carbocycles. The third-order valence-corrected chi connectivity index (χ3v) is 7.30. The Labute approximate surface area is 183 Å². The van der Waals surface area contributed by atoms with Crippen molar-refractivity contribution in [2.45, 2.75) is 51.2 Å². The maximum atomic E-state index is 13.7. The number of nitrogens with zero attached hydrogens (tertiary/aromatic N) is 2. The minimum Gasteiger partial charge on any atom is -0.393 e. The molecule has 1 atom stereocenters. The minimum atomic E-state index is -0.434. The summed E-state index contributed by atoms with van der Waals surface area (Å²) >= 11 is 2.95. The van der Waals surface area contributed by atoms with Crippen LogP contribution >= 0.6 is 23.1 Å². The molecule has 0 aliphatic rings. The fourth-order valence-electron chi connectivity index (χ4n) is 3.31. The van der Waals surface area contributed by atoms with Gasteiger partial charge >= 0.3 is 5.69 Å². The van der Waals surface area contributed by atoms with Gasteiger partial charge in [-0.1, -0.05) is 26.0 Å². The van der Waals surface area contributed by atoms with Gasteiger partial charge in [-0.15, -0.1) is 23.1 Å². The molecule has 0 spiro atoms. The quantitative estimate of drug-likeness (QED) is 0.527. The topological polar surface area (TPSA) is 64.2 Å². The molecule has 1 N–H and O–H groups in total. The molecule has 0 aliphatic heterocycles. The Balaban J connectivity index is 2.21. The summed E-state index contributed by atoms with van der Waals surface area (Å²) in [7, 11) is 1.51. The SMILES string of the molecule is CC(C)Cn1c(=O)n(C)c(=O)c2c(SCCC(C)O)c(Cc3cccc(F)c3)sc21. The number of aliphatic hydroxyl groups excluding tert-OH is 1. The number of aromatic nitrogens is 2. The number of halogens is 1. The molecule has 30 heavy (non-hydrogen) atoms. The summed E-state index contributed by atoms with van der Waals surface area (Å²) in [5, 5.41) is 10.2. The lowest BCUT2D eigenvalue weighted by Crippen LogP contribution is -2.38. The van der Waals surface area contributed by atoms with Gasteiger partial charge in [0.15, 0.2) is 0 Å². The van der Waals surface area contributed by atoms with Crippen molar-refractivity contribution in [3.63, 3.8) is 0 Å². The van der Waals surface area contributed by atoms with Crippen LogP contribution < -0.4 is 11.2 Å². The molecule has 5 nitrogen and oxygen atoms in total. The van der Waals surface area contributed by atoms with Crippen molar-refractivity contribution in [3.8, 4) is 0 Å². The summed E-state index contributed by atoms with van der Waals surface area (Å²) in [6.45, 7) is 6.31. The number of aliphatic hydroxyl groups is 1. The highest BCUT2D eigenvalue weighted by molar-refractivity contribution is 7.99. The van der Waals surface area contributed by atoms with E-state index < -0.39 is 6.10 Å². The number of rotatable bonds is 8. The molecular formula is C22H27FN2O3S2. The molecule has 0 fully saturated rings. The third-order valence-electron chi connectivity index (χ3n) is 4.78. The van der Waals surface area contributed by atoms with Crippen LogP contribution in [0.3, 0.4) is 0 Å². The van der Waals surface area contributed by atoms with Gasteiger partial charge in [-0.25, -0.2) is 9.18 Å². The predicted molar refractivity (Wildman–Crippen MR) is 122 cm³/mol. The second-order valence-electron chi connectivity index (χ2n) is 7.98. The molecule has 3 aromatic rings. The second-order valence-corrected chi connectivity index (χ2v) is 10.2. The van der Waals surface area contributed by atoms with E-state index in [4.69, 9.17) is 0 Å². The van der Waals surface area contributed by atoms with E-state index in [0.29, 0.717) is 35.4 Å². The Morgan fingerprint density at radius 1 is 1.23 bits per heavy atom. The maximum absolute atomic E-state index is 13.7. The summed E-state index contributed by atoms with van der Waals surface area (Å²) in [5.41, 5.74) is 0.185. The van der Waals surface area contributed by atoms with Crippen LogP contribution in [0.15, 0.2) is 38.8 Å². The van der Waals surface area contributed by atoms with Crippen molar-refractivity contribution in [1.82, 2.24) is 9.13 Å². The zero-order valence-electron chi connectivity index (χ0n) is 17.6. The van der Waals surface area contributed by atoms with Crippen LogP contribution in [-0.4, -0.2) is 26.1 Å². The number of thiophene rings is 1. The van der Waals surface area contributed by atoms with Crippen molar-refractivity contribution in [2.75, 3.05) is 5.75 Å². The number of benzene rings is 1. The Morgan fingerprint density at radius 2 is 1.97 bits per heavy atom. The molecule has 0 saturated heterocycles. The summed E-state index contributed by atoms with van der Waals surface area (Å²) in [5.74, 6) is 0.583. The molecule has 0 aliphatic carbocycles. The van der Waals surface area contributed by atoms with Gasteiger partial charge in [-0.05, 0) is 37.0 Å². The number of thioether (sulfide) groups is 1. The van der Waals surface area contributed by atoms with E-state index in [1.165, 1.54) is 46.8 Å². The molecular weight excluding hydrogens is 423 g/mol. The smallest absolute Gasteiger partial charge is 0.331 e. The van der Waals surface area contributed by atoms with Gasteiger partial charge in [0.25, 0.3) is 5.56 Å². The number of hydrogen-bond donors (Lipinski definition) is 1. The highest BCUT2D eigenvalue weighted by atomic mass is 32.2. The van der Waals surface area contributed by atoms with Crippen molar-refractivity contribution >= 4 is 33.3 Å². The van der Waals surface area contributed by atoms with Gasteiger partial charge in [0, 0.05) is 35.5 Å². The Hall–Kier alpha value is -1.90. The number of fused-ring (bicyclic) bond motifs is 1. The van der Waals surface area contributed by atoms with Crippen LogP contribution in [0.5, 0.6) is 0 Å². The van der Waals surface area contributed by atoms with Gasteiger partial charge in [0.2, 0.25) is 0 Å². The van der Waals surface area contributed by atoms with Gasteiger partial charge in [0.05, 0.1) is 11.5 Å². The highest BCUT2D eigenvalue weighted by Crippen LogP contribution is 2.38. The zero-order valence-corrected chi connectivity index (χ0v) is 19.3. The molecule has 0 amide bonds. The molecule has 2 heterocycles. The van der Waals surface area contributed by atoms with E-state index >= 15 is 0 Å². The lowest BCUT2D eigenvalue weighted by atomic mass is 10.1. The molecule has 3 rings (SSSR count). The first kappa shape index (κ1) is 22.8. The van der Waals surface area contributed by atoms with Crippen LogP contribution in [0.4, 0.5) is 4.39 Å². The maximum Gasteiger partial charge on any atom is 0.331 e. The fraction of sp³-hybridized carbons (Fsp3) is 0.455. The van der Waals surface area contributed by atoms with E-state index in [1.54, 1.807) is 17.6 Å². The Bertz CT molecular complexity index is 1160. The van der Waals surface area contributed by atoms with Crippen molar-refractivity contribution < 1.29 is 9.50 Å². The Morgan fingerprint density at radius 3 is 2.60 bits per heavy atom.